The number of hydrogen-bond donors (Lipinski definition) is 1. The third kappa shape index (κ3) is 4.84. The van der Waals surface area contributed by atoms with E-state index in [0.717, 1.165) is 53.9 Å². The lowest BCUT2D eigenvalue weighted by Gasteiger charge is -2.29. The molecule has 1 fully saturated rings. The Balaban J connectivity index is 1.09. The maximum atomic E-state index is 13.0. The number of rotatable bonds is 4. The van der Waals surface area contributed by atoms with Gasteiger partial charge in [0.15, 0.2) is 0 Å². The number of piperidine rings is 1. The van der Waals surface area contributed by atoms with Gasteiger partial charge in [0.25, 0.3) is 5.91 Å². The highest BCUT2D eigenvalue weighted by atomic mass is 16.5. The lowest BCUT2D eigenvalue weighted by Crippen LogP contribution is -2.35. The van der Waals surface area contributed by atoms with Gasteiger partial charge in [0.1, 0.15) is 11.9 Å². The Bertz CT molecular complexity index is 1350. The second-order valence-electron chi connectivity index (χ2n) is 9.98. The van der Waals surface area contributed by atoms with E-state index in [-0.39, 0.29) is 24.0 Å². The maximum Gasteiger partial charge on any atom is 0.322 e. The summed E-state index contributed by atoms with van der Waals surface area (Å²) in [6.45, 7) is 3.24. The van der Waals surface area contributed by atoms with Crippen LogP contribution in [0.15, 0.2) is 82.6 Å². The number of nitrogens with zero attached hydrogens (tertiary/aromatic N) is 4. The Morgan fingerprint density at radius 2 is 1.78 bits per heavy atom. The Kier molecular flexibility index (Phi) is 6.18. The Hall–Kier alpha value is -4.04. The molecular formula is C29H29N5O3. The molecule has 2 aromatic carbocycles. The number of allylic oxidation sites excluding steroid dienone is 3. The normalized spacial score (nSPS) is 21.3. The van der Waals surface area contributed by atoms with Crippen molar-refractivity contribution < 1.29 is 14.3 Å². The van der Waals surface area contributed by atoms with Crippen molar-refractivity contribution >= 4 is 23.3 Å². The first kappa shape index (κ1) is 23.4. The standard InChI is InChI=1S/C29H29N5O3/c1-33-14-12-23(13-15-33)37-24-11-8-20-17-34(18-21(20)16-24)29(36)30-22-9-6-19(7-10-22)27-25-4-2-3-5-26(25)28(35)32-31-27/h2-11,16,23,26H,12-15,17-18H2,1H3,(H,30,36). The zero-order chi connectivity index (χ0) is 25.4. The van der Waals surface area contributed by atoms with Crippen LogP contribution in [-0.2, 0) is 17.9 Å². The van der Waals surface area contributed by atoms with Crippen LogP contribution in [0, 0.1) is 5.92 Å². The molecular weight excluding hydrogens is 466 g/mol. The number of carbonyl (C=O) groups is 2. The van der Waals surface area contributed by atoms with E-state index in [1.165, 1.54) is 0 Å². The number of anilines is 1. The quantitative estimate of drug-likeness (QED) is 0.635. The molecule has 3 heterocycles. The Labute approximate surface area is 216 Å². The van der Waals surface area contributed by atoms with Crippen LogP contribution in [-0.4, -0.2) is 48.0 Å². The fourth-order valence-electron chi connectivity index (χ4n) is 5.22. The molecule has 0 spiro atoms. The van der Waals surface area contributed by atoms with Crippen LogP contribution >= 0.6 is 0 Å². The molecule has 0 saturated carbocycles. The first-order valence-electron chi connectivity index (χ1n) is 12.7. The summed E-state index contributed by atoms with van der Waals surface area (Å²) >= 11 is 0. The summed E-state index contributed by atoms with van der Waals surface area (Å²) in [6, 6.07) is 13.5. The van der Waals surface area contributed by atoms with E-state index in [9.17, 15) is 9.59 Å². The van der Waals surface area contributed by atoms with Crippen molar-refractivity contribution in [1.29, 1.82) is 0 Å². The van der Waals surface area contributed by atoms with Gasteiger partial charge in [0, 0.05) is 37.4 Å². The summed E-state index contributed by atoms with van der Waals surface area (Å²) in [5.74, 6) is 0.243. The van der Waals surface area contributed by atoms with Crippen molar-refractivity contribution in [2.45, 2.75) is 32.0 Å². The van der Waals surface area contributed by atoms with E-state index in [1.807, 2.05) is 54.6 Å². The molecule has 4 aliphatic rings. The minimum Gasteiger partial charge on any atom is -0.490 e. The number of benzene rings is 2. The summed E-state index contributed by atoms with van der Waals surface area (Å²) < 4.78 is 6.23. The van der Waals surface area contributed by atoms with Gasteiger partial charge in [-0.05, 0) is 60.9 Å². The van der Waals surface area contributed by atoms with Gasteiger partial charge in [-0.1, -0.05) is 42.5 Å². The third-order valence-electron chi connectivity index (χ3n) is 7.38. The van der Waals surface area contributed by atoms with Crippen molar-refractivity contribution in [3.05, 3.63) is 89.0 Å². The van der Waals surface area contributed by atoms with Crippen LogP contribution in [0.2, 0.25) is 0 Å². The van der Waals surface area contributed by atoms with Crippen LogP contribution in [0.5, 0.6) is 5.75 Å². The van der Waals surface area contributed by atoms with Gasteiger partial charge < -0.3 is 19.9 Å². The van der Waals surface area contributed by atoms with Gasteiger partial charge in [0.2, 0.25) is 0 Å². The molecule has 1 atom stereocenters. The number of ether oxygens (including phenoxy) is 1. The number of likely N-dealkylation sites (tertiary alicyclic amines) is 1. The zero-order valence-electron chi connectivity index (χ0n) is 20.8. The third-order valence-corrected chi connectivity index (χ3v) is 7.38. The van der Waals surface area contributed by atoms with Crippen molar-refractivity contribution in [2.24, 2.45) is 16.1 Å². The van der Waals surface area contributed by atoms with Gasteiger partial charge >= 0.3 is 6.03 Å². The number of azo groups is 1. The summed E-state index contributed by atoms with van der Waals surface area (Å²) in [5.41, 5.74) is 5.34. The lowest BCUT2D eigenvalue weighted by atomic mass is 9.89. The fourth-order valence-corrected chi connectivity index (χ4v) is 5.22. The molecule has 8 heteroatoms. The lowest BCUT2D eigenvalue weighted by molar-refractivity contribution is -0.119. The number of hydrogen-bond acceptors (Lipinski definition) is 5. The second-order valence-corrected chi connectivity index (χ2v) is 9.98. The number of carbonyl (C=O) groups excluding carboxylic acids is 2. The van der Waals surface area contributed by atoms with Crippen molar-refractivity contribution in [3.8, 4) is 5.75 Å². The van der Waals surface area contributed by atoms with Gasteiger partial charge in [-0.2, -0.15) is 0 Å². The highest BCUT2D eigenvalue weighted by Gasteiger charge is 2.28. The maximum absolute atomic E-state index is 13.0. The predicted molar refractivity (Wildman–Crippen MR) is 141 cm³/mol. The number of urea groups is 1. The molecule has 188 valence electrons. The molecule has 2 aromatic rings. The molecule has 0 bridgehead atoms. The van der Waals surface area contributed by atoms with Crippen LogP contribution in [0.4, 0.5) is 10.5 Å². The molecule has 3 aliphatic heterocycles. The minimum atomic E-state index is -0.385. The molecule has 3 amide bonds. The first-order chi connectivity index (χ1) is 18.0. The average Bonchev–Trinajstić information content (AvgIpc) is 3.35. The van der Waals surface area contributed by atoms with E-state index < -0.39 is 0 Å². The van der Waals surface area contributed by atoms with Gasteiger partial charge in [-0.25, -0.2) is 4.79 Å². The van der Waals surface area contributed by atoms with Gasteiger partial charge in [0.05, 0.1) is 11.6 Å². The summed E-state index contributed by atoms with van der Waals surface area (Å²) in [6.07, 6.45) is 9.81. The van der Waals surface area contributed by atoms with E-state index in [4.69, 9.17) is 4.74 Å². The van der Waals surface area contributed by atoms with Crippen LogP contribution in [0.3, 0.4) is 0 Å². The molecule has 6 rings (SSSR count). The minimum absolute atomic E-state index is 0.146. The highest BCUT2D eigenvalue weighted by molar-refractivity contribution is 5.92. The van der Waals surface area contributed by atoms with Crippen molar-refractivity contribution in [2.75, 3.05) is 25.5 Å². The summed E-state index contributed by atoms with van der Waals surface area (Å²) in [5, 5.41) is 11.0. The smallest absolute Gasteiger partial charge is 0.322 e. The van der Waals surface area contributed by atoms with Gasteiger partial charge in [-0.3, -0.25) is 4.79 Å². The van der Waals surface area contributed by atoms with Crippen LogP contribution < -0.4 is 10.1 Å². The van der Waals surface area contributed by atoms with E-state index >= 15 is 0 Å². The first-order valence-corrected chi connectivity index (χ1v) is 12.7. The molecule has 1 unspecified atom stereocenters. The zero-order valence-corrected chi connectivity index (χ0v) is 20.8. The molecule has 37 heavy (non-hydrogen) atoms. The number of nitrogens with one attached hydrogen (secondary N) is 1. The van der Waals surface area contributed by atoms with Crippen LogP contribution in [0.1, 0.15) is 29.5 Å². The average molecular weight is 496 g/mol. The molecule has 8 nitrogen and oxygen atoms in total. The number of amides is 3. The molecule has 0 radical (unpaired) electrons. The molecule has 0 aromatic heterocycles. The number of fused-ring (bicyclic) bond motifs is 2. The van der Waals surface area contributed by atoms with E-state index in [2.05, 4.69) is 39.6 Å². The Morgan fingerprint density at radius 3 is 2.59 bits per heavy atom. The van der Waals surface area contributed by atoms with Crippen molar-refractivity contribution in [1.82, 2.24) is 9.80 Å². The monoisotopic (exact) mass is 495 g/mol. The summed E-state index contributed by atoms with van der Waals surface area (Å²) in [4.78, 5) is 29.2. The fraction of sp³-hybridized carbons (Fsp3) is 0.310. The second kappa shape index (κ2) is 9.78. The highest BCUT2D eigenvalue weighted by Crippen LogP contribution is 2.34. The van der Waals surface area contributed by atoms with Crippen LogP contribution in [0.25, 0.3) is 5.70 Å². The van der Waals surface area contributed by atoms with E-state index in [0.29, 0.717) is 24.5 Å². The SMILES string of the molecule is CN1CCC(Oc2ccc3c(c2)CN(C(=O)Nc2ccc(C4=C5C=CC=CC5C(=O)N=N4)cc2)C3)CC1. The Morgan fingerprint density at radius 1 is 1.00 bits per heavy atom. The molecule has 1 N–H and O–H groups in total. The van der Waals surface area contributed by atoms with Crippen molar-refractivity contribution in [3.63, 3.8) is 0 Å². The van der Waals surface area contributed by atoms with Gasteiger partial charge in [-0.15, -0.1) is 10.2 Å². The predicted octanol–water partition coefficient (Wildman–Crippen LogP) is 5.15. The summed E-state index contributed by atoms with van der Waals surface area (Å²) in [7, 11) is 2.14. The largest absolute Gasteiger partial charge is 0.490 e. The topological polar surface area (TPSA) is 86.6 Å². The molecule has 1 saturated heterocycles. The van der Waals surface area contributed by atoms with E-state index in [1.54, 1.807) is 4.90 Å². The molecule has 1 aliphatic carbocycles.